The van der Waals surface area contributed by atoms with Crippen LogP contribution in [0.4, 0.5) is 11.6 Å². The number of hydrogen-bond donors (Lipinski definition) is 2. The summed E-state index contributed by atoms with van der Waals surface area (Å²) in [6, 6.07) is 13.0. The summed E-state index contributed by atoms with van der Waals surface area (Å²) in [6.45, 7) is 5.93. The van der Waals surface area contributed by atoms with E-state index in [1.54, 1.807) is 23.6 Å². The maximum absolute atomic E-state index is 13.6. The number of nitrogens with zero attached hydrogens (tertiary/aromatic N) is 3. The van der Waals surface area contributed by atoms with E-state index in [1.807, 2.05) is 56.3 Å². The van der Waals surface area contributed by atoms with Crippen LogP contribution in [0.25, 0.3) is 0 Å². The van der Waals surface area contributed by atoms with Crippen molar-refractivity contribution in [2.75, 3.05) is 23.5 Å². The van der Waals surface area contributed by atoms with Crippen LogP contribution in [0.15, 0.2) is 63.4 Å². The first-order chi connectivity index (χ1) is 15.4. The number of halogens is 1. The van der Waals surface area contributed by atoms with E-state index in [1.165, 1.54) is 0 Å². The predicted octanol–water partition coefficient (Wildman–Crippen LogP) is 5.40. The summed E-state index contributed by atoms with van der Waals surface area (Å²) in [5, 5.41) is 11.7. The number of hydrogen-bond acceptors (Lipinski definition) is 6. The number of nitrogens with one attached hydrogen (secondary N) is 2. The Kier molecular flexibility index (Phi) is 6.57. The van der Waals surface area contributed by atoms with Crippen LogP contribution in [0.1, 0.15) is 31.0 Å². The van der Waals surface area contributed by atoms with Gasteiger partial charge in [-0.3, -0.25) is 4.79 Å². The molecule has 0 bridgehead atoms. The number of aromatic nitrogens is 3. The van der Waals surface area contributed by atoms with Crippen LogP contribution >= 0.6 is 27.7 Å². The van der Waals surface area contributed by atoms with Gasteiger partial charge in [-0.25, -0.2) is 4.68 Å². The molecular formula is C23H24BrN5O2S. The molecule has 0 saturated carbocycles. The Labute approximate surface area is 199 Å². The molecule has 1 amide bonds. The van der Waals surface area contributed by atoms with Crippen molar-refractivity contribution < 1.29 is 9.53 Å². The maximum Gasteiger partial charge on any atom is 0.255 e. The van der Waals surface area contributed by atoms with Crippen LogP contribution in [-0.4, -0.2) is 33.5 Å². The Bertz CT molecular complexity index is 1210. The number of ether oxygens (including phenoxy) is 1. The average molecular weight is 514 g/mol. The highest BCUT2D eigenvalue weighted by Crippen LogP contribution is 2.41. The lowest BCUT2D eigenvalue weighted by atomic mass is 9.94. The van der Waals surface area contributed by atoms with E-state index in [-0.39, 0.29) is 5.91 Å². The summed E-state index contributed by atoms with van der Waals surface area (Å²) in [7, 11) is 1.62. The van der Waals surface area contributed by atoms with Gasteiger partial charge in [0.2, 0.25) is 11.1 Å². The van der Waals surface area contributed by atoms with E-state index in [9.17, 15) is 4.79 Å². The fourth-order valence-electron chi connectivity index (χ4n) is 3.74. The lowest BCUT2D eigenvalue weighted by Crippen LogP contribution is -2.31. The van der Waals surface area contributed by atoms with Crippen LogP contribution < -0.4 is 15.4 Å². The molecule has 1 unspecified atom stereocenters. The van der Waals surface area contributed by atoms with Gasteiger partial charge in [0.25, 0.3) is 5.91 Å². The highest BCUT2D eigenvalue weighted by Gasteiger charge is 2.36. The van der Waals surface area contributed by atoms with Gasteiger partial charge >= 0.3 is 0 Å². The van der Waals surface area contributed by atoms with Gasteiger partial charge in [-0.2, -0.15) is 4.98 Å². The number of aryl methyl sites for hydroxylation is 1. The second-order valence-corrected chi connectivity index (χ2v) is 9.52. The third-order valence-electron chi connectivity index (χ3n) is 5.11. The summed E-state index contributed by atoms with van der Waals surface area (Å²) >= 11 is 5.11. The molecule has 1 aliphatic heterocycles. The Morgan fingerprint density at radius 1 is 1.28 bits per heavy atom. The SMILES string of the molecule is CCSc1nc2n(n1)C(c1cc(Br)ccc1OC)C(C(=O)Nc1cccc(C)c1)=C(C)N2. The Morgan fingerprint density at radius 3 is 2.81 bits per heavy atom. The maximum atomic E-state index is 13.6. The van der Waals surface area contributed by atoms with Gasteiger partial charge in [-0.15, -0.1) is 5.10 Å². The first-order valence-corrected chi connectivity index (χ1v) is 12.0. The van der Waals surface area contributed by atoms with Gasteiger partial charge < -0.3 is 15.4 Å². The number of benzene rings is 2. The molecule has 2 N–H and O–H groups in total. The topological polar surface area (TPSA) is 81.1 Å². The number of thioether (sulfide) groups is 1. The van der Waals surface area contributed by atoms with Crippen molar-refractivity contribution in [3.63, 3.8) is 0 Å². The summed E-state index contributed by atoms with van der Waals surface area (Å²) in [5.74, 6) is 1.90. The molecule has 0 radical (unpaired) electrons. The van der Waals surface area contributed by atoms with Crippen LogP contribution in [-0.2, 0) is 4.79 Å². The molecule has 2 aromatic carbocycles. The van der Waals surface area contributed by atoms with E-state index >= 15 is 0 Å². The van der Waals surface area contributed by atoms with Crippen molar-refractivity contribution in [1.29, 1.82) is 0 Å². The first-order valence-electron chi connectivity index (χ1n) is 10.2. The molecule has 1 aromatic heterocycles. The van der Waals surface area contributed by atoms with Crippen molar-refractivity contribution in [2.24, 2.45) is 0 Å². The normalized spacial score (nSPS) is 15.2. The molecule has 0 fully saturated rings. The van der Waals surface area contributed by atoms with Crippen molar-refractivity contribution in [2.45, 2.75) is 32.0 Å². The molecule has 3 aromatic rings. The third-order valence-corrected chi connectivity index (χ3v) is 6.33. The zero-order valence-electron chi connectivity index (χ0n) is 18.3. The van der Waals surface area contributed by atoms with E-state index in [0.29, 0.717) is 22.4 Å². The highest BCUT2D eigenvalue weighted by atomic mass is 79.9. The largest absolute Gasteiger partial charge is 0.496 e. The summed E-state index contributed by atoms with van der Waals surface area (Å²) < 4.78 is 8.30. The molecule has 166 valence electrons. The molecule has 1 atom stereocenters. The molecule has 9 heteroatoms. The summed E-state index contributed by atoms with van der Waals surface area (Å²) in [6.07, 6.45) is 0. The van der Waals surface area contributed by atoms with Gasteiger partial charge in [0.1, 0.15) is 11.8 Å². The third kappa shape index (κ3) is 4.40. The number of amides is 1. The van der Waals surface area contributed by atoms with Gasteiger partial charge in [0, 0.05) is 21.4 Å². The van der Waals surface area contributed by atoms with E-state index in [4.69, 9.17) is 9.84 Å². The Balaban J connectivity index is 1.84. The molecule has 4 rings (SSSR count). The fourth-order valence-corrected chi connectivity index (χ4v) is 4.68. The van der Waals surface area contributed by atoms with Crippen molar-refractivity contribution >= 4 is 45.2 Å². The molecule has 1 aliphatic rings. The van der Waals surface area contributed by atoms with Gasteiger partial charge in [-0.05, 0) is 55.5 Å². The van der Waals surface area contributed by atoms with E-state index in [2.05, 4.69) is 38.5 Å². The average Bonchev–Trinajstić information content (AvgIpc) is 3.14. The standard InChI is InChI=1S/C23H24BrN5O2S/c1-5-32-23-27-22-25-14(3)19(21(30)26-16-8-6-7-13(2)11-16)20(29(22)28-23)17-12-15(24)9-10-18(17)31-4/h6-12,20H,5H2,1-4H3,(H,26,30)(H,25,27,28). The highest BCUT2D eigenvalue weighted by molar-refractivity contribution is 9.10. The van der Waals surface area contributed by atoms with E-state index in [0.717, 1.165) is 32.7 Å². The fraction of sp³-hybridized carbons (Fsp3) is 0.261. The lowest BCUT2D eigenvalue weighted by Gasteiger charge is -2.29. The Morgan fingerprint density at radius 2 is 2.09 bits per heavy atom. The van der Waals surface area contributed by atoms with Gasteiger partial charge in [0.15, 0.2) is 0 Å². The molecule has 2 heterocycles. The lowest BCUT2D eigenvalue weighted by molar-refractivity contribution is -0.113. The minimum absolute atomic E-state index is 0.210. The zero-order chi connectivity index (χ0) is 22.8. The van der Waals surface area contributed by atoms with Crippen LogP contribution in [0, 0.1) is 6.92 Å². The number of allylic oxidation sites excluding steroid dienone is 1. The van der Waals surface area contributed by atoms with E-state index < -0.39 is 6.04 Å². The number of rotatable bonds is 6. The smallest absolute Gasteiger partial charge is 0.255 e. The molecule has 0 saturated heterocycles. The number of methoxy groups -OCH3 is 1. The zero-order valence-corrected chi connectivity index (χ0v) is 20.7. The van der Waals surface area contributed by atoms with Crippen molar-refractivity contribution in [1.82, 2.24) is 14.8 Å². The number of carbonyl (C=O) groups is 1. The number of carbonyl (C=O) groups excluding carboxylic acids is 1. The van der Waals surface area contributed by atoms with Gasteiger partial charge in [-0.1, -0.05) is 46.7 Å². The van der Waals surface area contributed by atoms with Crippen molar-refractivity contribution in [3.05, 3.63) is 69.3 Å². The molecule has 0 spiro atoms. The van der Waals surface area contributed by atoms with Crippen LogP contribution in [0.5, 0.6) is 5.75 Å². The summed E-state index contributed by atoms with van der Waals surface area (Å²) in [4.78, 5) is 18.2. The second-order valence-electron chi connectivity index (χ2n) is 7.37. The van der Waals surface area contributed by atoms with Crippen LogP contribution in [0.3, 0.4) is 0 Å². The minimum Gasteiger partial charge on any atom is -0.496 e. The minimum atomic E-state index is -0.512. The predicted molar refractivity (Wildman–Crippen MR) is 131 cm³/mol. The molecule has 32 heavy (non-hydrogen) atoms. The monoisotopic (exact) mass is 513 g/mol. The van der Waals surface area contributed by atoms with Gasteiger partial charge in [0.05, 0.1) is 12.7 Å². The second kappa shape index (κ2) is 9.38. The molecule has 0 aliphatic carbocycles. The quantitative estimate of drug-likeness (QED) is 0.429. The summed E-state index contributed by atoms with van der Waals surface area (Å²) in [5.41, 5.74) is 3.89. The number of fused-ring (bicyclic) bond motifs is 1. The van der Waals surface area contributed by atoms with Crippen molar-refractivity contribution in [3.8, 4) is 5.75 Å². The molecular weight excluding hydrogens is 490 g/mol. The first kappa shape index (κ1) is 22.4. The molecule has 7 nitrogen and oxygen atoms in total. The van der Waals surface area contributed by atoms with Crippen LogP contribution in [0.2, 0.25) is 0 Å². The number of anilines is 2. The Hall–Kier alpha value is -2.78.